The SMILES string of the molecule is C.C.CC.CC.CC.CC.CC.CC.CC.CC.CC.CC.CC.CC.CC.O=c1[nH]c2ccccc2o1.O=c1ccc2ccccc2o1.c1ccc2[nH]cnc2c1.c1ccc2[nH]ncc2c1.c1ccc2c(c1)CCC2.c1ccc2c(c1)CCO2.c1ccc2c(c1)NCO2.c1ccc2c(c1)OCO2.c1ccc2ncccc2c1.c1ccc2occc2c1.c1ccc2ocnc2c1.c1ccc2sccc2c1.c1ccc2scnc2c1. The van der Waals surface area contributed by atoms with Gasteiger partial charge < -0.3 is 46.9 Å². The lowest BCUT2D eigenvalue weighted by molar-refractivity contribution is 0.174. The lowest BCUT2D eigenvalue weighted by Gasteiger charge is -1.93. The van der Waals surface area contributed by atoms with Gasteiger partial charge in [-0.25, -0.2) is 24.5 Å². The molecule has 0 atom stereocenters. The summed E-state index contributed by atoms with van der Waals surface area (Å²) < 4.78 is 43.1. The normalized spacial score (nSPS) is 9.84. The predicted octanol–water partition coefficient (Wildman–Crippen LogP) is 39.0. The largest absolute Gasteiger partial charge is 0.493 e. The Morgan fingerprint density at radius 1 is 0.309 bits per heavy atom. The van der Waals surface area contributed by atoms with E-state index in [1.165, 1.54) is 57.5 Å². The molecular weight excluding hydrogens is 1890 g/mol. The number of thiazole rings is 1. The first kappa shape index (κ1) is 136. The van der Waals surface area contributed by atoms with E-state index < -0.39 is 5.76 Å². The van der Waals surface area contributed by atoms with E-state index in [0.717, 1.165) is 108 Å². The predicted molar refractivity (Wildman–Crippen MR) is 648 cm³/mol. The maximum Gasteiger partial charge on any atom is 0.417 e. The van der Waals surface area contributed by atoms with E-state index in [1.807, 2.05) is 441 Å². The van der Waals surface area contributed by atoms with Crippen molar-refractivity contribution in [3.8, 4) is 23.0 Å². The van der Waals surface area contributed by atoms with Crippen LogP contribution in [0.1, 0.15) is 218 Å². The first-order chi connectivity index (χ1) is 72.8. The molecule has 0 bridgehead atoms. The number of fused-ring (bicyclic) bond motifs is 13. The molecule has 3 aliphatic heterocycles. The maximum absolute atomic E-state index is 10.7. The van der Waals surface area contributed by atoms with Gasteiger partial charge in [0.1, 0.15) is 28.2 Å². The zero-order chi connectivity index (χ0) is 109. The molecule has 0 saturated carbocycles. The van der Waals surface area contributed by atoms with Gasteiger partial charge in [-0.1, -0.05) is 407 Å². The summed E-state index contributed by atoms with van der Waals surface area (Å²) in [7, 11) is 0. The third-order valence-electron chi connectivity index (χ3n) is 18.5. The van der Waals surface area contributed by atoms with Crippen LogP contribution < -0.4 is 35.6 Å². The minimum Gasteiger partial charge on any atom is -0.493 e. The van der Waals surface area contributed by atoms with E-state index >= 15 is 0 Å². The number of aromatic amines is 3. The van der Waals surface area contributed by atoms with Crippen LogP contribution >= 0.6 is 22.7 Å². The third-order valence-corrected chi connectivity index (χ3v) is 20.2. The molecule has 0 saturated heterocycles. The smallest absolute Gasteiger partial charge is 0.417 e. The molecule has 19 nitrogen and oxygen atoms in total. The first-order valence-corrected chi connectivity index (χ1v) is 53.7. The van der Waals surface area contributed by atoms with Gasteiger partial charge >= 0.3 is 11.4 Å². The van der Waals surface area contributed by atoms with Crippen molar-refractivity contribution in [2.75, 3.05) is 25.4 Å². The number of aryl methyl sites for hydroxylation is 2. The van der Waals surface area contributed by atoms with Gasteiger partial charge in [0.25, 0.3) is 0 Å². The third kappa shape index (κ3) is 50.5. The van der Waals surface area contributed by atoms with Crippen molar-refractivity contribution in [1.29, 1.82) is 0 Å². The Morgan fingerprint density at radius 3 is 1.34 bits per heavy atom. The number of nitrogens with one attached hydrogen (secondary N) is 4. The summed E-state index contributed by atoms with van der Waals surface area (Å²) in [6.07, 6.45) is 13.5. The van der Waals surface area contributed by atoms with Gasteiger partial charge in [-0.3, -0.25) is 15.1 Å². The van der Waals surface area contributed by atoms with Crippen molar-refractivity contribution in [2.24, 2.45) is 0 Å². The summed E-state index contributed by atoms with van der Waals surface area (Å²) in [6, 6.07) is 115. The Hall–Kier alpha value is -15.5. The van der Waals surface area contributed by atoms with Gasteiger partial charge in [0.2, 0.25) is 6.79 Å². The molecule has 21 heteroatoms. The van der Waals surface area contributed by atoms with Crippen LogP contribution in [0.4, 0.5) is 5.69 Å². The highest BCUT2D eigenvalue weighted by molar-refractivity contribution is 7.17. The maximum atomic E-state index is 10.7. The average molecular weight is 2060 g/mol. The molecule has 0 unspecified atom stereocenters. The zero-order valence-electron chi connectivity index (χ0n) is 91.6. The van der Waals surface area contributed by atoms with Crippen molar-refractivity contribution in [2.45, 2.75) is 221 Å². The van der Waals surface area contributed by atoms with Crippen molar-refractivity contribution >= 4 is 126 Å². The molecule has 0 spiro atoms. The number of hydrogen-bond donors (Lipinski definition) is 4. The lowest BCUT2D eigenvalue weighted by Crippen LogP contribution is -1.96. The molecule has 4 N–H and O–H groups in total. The minimum atomic E-state index is -0.402. The fraction of sp³-hybridized carbons (Fsp3) is 0.273. The Morgan fingerprint density at radius 2 is 0.779 bits per heavy atom. The van der Waals surface area contributed by atoms with Crippen LogP contribution in [-0.2, 0) is 19.3 Å². The van der Waals surface area contributed by atoms with E-state index in [4.69, 9.17) is 36.6 Å². The molecule has 0 amide bonds. The quantitative estimate of drug-likeness (QED) is 0.103. The van der Waals surface area contributed by atoms with E-state index in [9.17, 15) is 9.59 Å². The number of hydrogen-bond acceptors (Lipinski definition) is 18. The van der Waals surface area contributed by atoms with E-state index in [-0.39, 0.29) is 20.5 Å². The van der Waals surface area contributed by atoms with Crippen LogP contribution in [0.15, 0.2) is 421 Å². The van der Waals surface area contributed by atoms with Crippen LogP contribution in [0.25, 0.3) is 97.3 Å². The minimum absolute atomic E-state index is 0. The second-order valence-corrected chi connectivity index (χ2v) is 28.4. The number of aromatic nitrogens is 8. The summed E-state index contributed by atoms with van der Waals surface area (Å²) in [5.74, 6) is 3.31. The number of nitrogens with zero attached hydrogens (tertiary/aromatic N) is 5. The first-order valence-electron chi connectivity index (χ1n) is 52.0. The second-order valence-electron chi connectivity index (χ2n) is 26.6. The monoisotopic (exact) mass is 2060 g/mol. The van der Waals surface area contributed by atoms with Crippen molar-refractivity contribution in [3.05, 3.63) is 432 Å². The van der Waals surface area contributed by atoms with E-state index in [2.05, 4.69) is 130 Å². The van der Waals surface area contributed by atoms with Gasteiger partial charge in [0.05, 0.1) is 74.4 Å². The Kier molecular flexibility index (Phi) is 82.0. The zero-order valence-corrected chi connectivity index (χ0v) is 93.2. The highest BCUT2D eigenvalue weighted by Crippen LogP contribution is 2.31. The van der Waals surface area contributed by atoms with Crippen molar-refractivity contribution < 1.29 is 36.6 Å². The number of oxazole rings is 2. The summed E-state index contributed by atoms with van der Waals surface area (Å²) in [6.45, 7) is 53.8. The second kappa shape index (κ2) is 90.1. The topological polar surface area (TPSA) is 247 Å². The number of anilines is 1. The van der Waals surface area contributed by atoms with Crippen LogP contribution in [-0.4, -0.2) is 60.2 Å². The summed E-state index contributed by atoms with van der Waals surface area (Å²) in [5, 5.41) is 17.8. The molecule has 798 valence electrons. The standard InChI is InChI=1S/C9H7N.C9H6O2.C9H10.C8H8O.C8H6O.C8H6S.2C7H6N2.C7H5NO2.C7H7NO.C7H5NO.C7H5NS.C7H6O2.13C2H6.2CH4/c1-2-6-9-8(4-1)5-3-7-10-9;10-9-6-5-7-3-1-2-4-8(7)11-9;1-2-5-9-7-3-6-8(9)4-1;3*1-2-4-8-7(3-1)5-6-9-8;1-2-4-7-6(3-1)8-5-9-7;1-2-4-7-6(3-1)5-8-9-7;9-7-8-5-3-1-2-4-6(5)10-7;4*1-2-4-7-6(3-1)8-5-9-7;13*1-2;;/h1-7H;1-6H;1-2,4-5H,3,6-7H2;1-4H,5-6H2;2*1-6H;2*1-5H,(H,8,9);1-4H,(H,8,9);1-4,8H,5H2;2*1-5H;1-4H,5H2;13*1-2H3;2*1H4. The van der Waals surface area contributed by atoms with Crippen LogP contribution in [0, 0.1) is 0 Å². The Bertz CT molecular complexity index is 5910. The fourth-order valence-electron chi connectivity index (χ4n) is 12.5. The van der Waals surface area contributed by atoms with Gasteiger partial charge in [-0.2, -0.15) is 5.10 Å². The number of rotatable bonds is 0. The Labute approximate surface area is 897 Å². The van der Waals surface area contributed by atoms with E-state index in [1.54, 1.807) is 70.7 Å². The molecule has 22 aromatic rings. The van der Waals surface area contributed by atoms with Gasteiger partial charge in [0.15, 0.2) is 35.8 Å². The van der Waals surface area contributed by atoms with E-state index in [0.29, 0.717) is 24.7 Å². The molecule has 9 aromatic heterocycles. The number of H-pyrrole nitrogens is 3. The number of imidazole rings is 1. The van der Waals surface area contributed by atoms with Crippen LogP contribution in [0.3, 0.4) is 0 Å². The molecule has 149 heavy (non-hydrogen) atoms. The molecule has 13 aromatic carbocycles. The van der Waals surface area contributed by atoms with Gasteiger partial charge in [-0.05, 0) is 180 Å². The number of thiophene rings is 1. The molecule has 26 rings (SSSR count). The van der Waals surface area contributed by atoms with Crippen molar-refractivity contribution in [3.63, 3.8) is 0 Å². The number of ether oxygens (including phenoxy) is 4. The molecule has 0 radical (unpaired) electrons. The Balaban J connectivity index is 0. The van der Waals surface area contributed by atoms with Crippen molar-refractivity contribution in [1.82, 2.24) is 40.1 Å². The number of para-hydroxylation sites is 16. The van der Waals surface area contributed by atoms with Crippen LogP contribution in [0.5, 0.6) is 23.0 Å². The molecule has 12 heterocycles. The fourth-order valence-corrected chi connectivity index (χ4v) is 14.0. The van der Waals surface area contributed by atoms with Gasteiger partial charge in [-0.15, -0.1) is 22.7 Å². The number of benzene rings is 13. The molecular formula is C128H169N9O10S2. The number of pyridine rings is 1. The highest BCUT2D eigenvalue weighted by Gasteiger charge is 2.12. The number of furan rings is 1. The summed E-state index contributed by atoms with van der Waals surface area (Å²) >= 11 is 3.46. The average Bonchev–Trinajstić information content (AvgIpc) is 1.73. The molecule has 0 fully saturated rings. The van der Waals surface area contributed by atoms with Crippen LogP contribution in [0.2, 0.25) is 0 Å². The highest BCUT2D eigenvalue weighted by atomic mass is 32.1. The summed E-state index contributed by atoms with van der Waals surface area (Å²) in [4.78, 5) is 43.2. The molecule has 1 aliphatic carbocycles. The lowest BCUT2D eigenvalue weighted by atomic mass is 10.1. The summed E-state index contributed by atoms with van der Waals surface area (Å²) in [5.41, 5.74) is 17.2. The molecule has 4 aliphatic rings. The van der Waals surface area contributed by atoms with Gasteiger partial charge in [0, 0.05) is 44.9 Å².